The van der Waals surface area contributed by atoms with E-state index in [-0.39, 0.29) is 6.10 Å². The molecule has 138 valence electrons. The zero-order valence-electron chi connectivity index (χ0n) is 12.2. The standard InChI is InChI=1S/C8H19O12P3/c1-3-4-6-5-7(16-2)8(17-6)18-22(12,13)20-23(14,15)19-21(9,10)11/h6-8H,3-5H2,1-2H3,(H,12,13)(H,14,15)(H2,9,10,11). The highest BCUT2D eigenvalue weighted by molar-refractivity contribution is 7.66. The van der Waals surface area contributed by atoms with Gasteiger partial charge < -0.3 is 29.0 Å². The van der Waals surface area contributed by atoms with Gasteiger partial charge in [0.25, 0.3) is 0 Å². The molecule has 0 saturated carbocycles. The maximum absolute atomic E-state index is 11.7. The molecule has 0 aromatic rings. The minimum atomic E-state index is -5.55. The Balaban J connectivity index is 2.72. The van der Waals surface area contributed by atoms with Crippen LogP contribution in [0.1, 0.15) is 26.2 Å². The Kier molecular flexibility index (Phi) is 7.56. The first-order chi connectivity index (χ1) is 10.4. The maximum atomic E-state index is 11.7. The molecule has 1 saturated heterocycles. The van der Waals surface area contributed by atoms with E-state index in [0.717, 1.165) is 6.42 Å². The predicted octanol–water partition coefficient (Wildman–Crippen LogP) is 1.26. The molecular formula is C8H19O12P3. The lowest BCUT2D eigenvalue weighted by Crippen LogP contribution is -2.25. The first-order valence-electron chi connectivity index (χ1n) is 6.38. The van der Waals surface area contributed by atoms with Crippen LogP contribution in [0.15, 0.2) is 0 Å². The first kappa shape index (κ1) is 21.4. The molecule has 0 aromatic heterocycles. The van der Waals surface area contributed by atoms with E-state index in [1.807, 2.05) is 6.92 Å². The second-order valence-electron chi connectivity index (χ2n) is 4.62. The molecule has 1 heterocycles. The Morgan fingerprint density at radius 3 is 2.17 bits per heavy atom. The van der Waals surface area contributed by atoms with E-state index in [4.69, 9.17) is 24.2 Å². The molecule has 1 rings (SSSR count). The third kappa shape index (κ3) is 7.83. The highest BCUT2D eigenvalue weighted by Crippen LogP contribution is 2.66. The third-order valence-electron chi connectivity index (χ3n) is 2.69. The molecular weight excluding hydrogens is 381 g/mol. The van der Waals surface area contributed by atoms with Crippen LogP contribution in [0.5, 0.6) is 0 Å². The van der Waals surface area contributed by atoms with Gasteiger partial charge in [-0.2, -0.15) is 8.62 Å². The van der Waals surface area contributed by atoms with Crippen molar-refractivity contribution in [1.29, 1.82) is 0 Å². The molecule has 0 radical (unpaired) electrons. The van der Waals surface area contributed by atoms with Crippen LogP contribution < -0.4 is 0 Å². The van der Waals surface area contributed by atoms with Crippen LogP contribution >= 0.6 is 23.5 Å². The van der Waals surface area contributed by atoms with Gasteiger partial charge in [-0.3, -0.25) is 4.52 Å². The Morgan fingerprint density at radius 1 is 1.09 bits per heavy atom. The van der Waals surface area contributed by atoms with Crippen LogP contribution in [-0.2, 0) is 36.3 Å². The van der Waals surface area contributed by atoms with E-state index in [0.29, 0.717) is 12.8 Å². The lowest BCUT2D eigenvalue weighted by atomic mass is 10.1. The minimum absolute atomic E-state index is 0.303. The molecule has 12 nitrogen and oxygen atoms in total. The quantitative estimate of drug-likeness (QED) is 0.408. The number of phosphoric ester groups is 1. The van der Waals surface area contributed by atoms with Crippen LogP contribution in [0.3, 0.4) is 0 Å². The van der Waals surface area contributed by atoms with E-state index >= 15 is 0 Å². The van der Waals surface area contributed by atoms with Gasteiger partial charge in [0.15, 0.2) is 6.29 Å². The average molecular weight is 400 g/mol. The molecule has 5 unspecified atom stereocenters. The van der Waals surface area contributed by atoms with Crippen LogP contribution in [0, 0.1) is 0 Å². The van der Waals surface area contributed by atoms with Crippen molar-refractivity contribution < 1.29 is 55.9 Å². The SMILES string of the molecule is CCCC1CC(OC)C(OP(=O)(O)OP(=O)(O)OP(=O)(O)O)O1. The average Bonchev–Trinajstić information content (AvgIpc) is 2.65. The molecule has 0 bridgehead atoms. The summed E-state index contributed by atoms with van der Waals surface area (Å²) in [7, 11) is -14.9. The van der Waals surface area contributed by atoms with Gasteiger partial charge in [-0.25, -0.2) is 13.7 Å². The Morgan fingerprint density at radius 2 is 1.70 bits per heavy atom. The zero-order chi connectivity index (χ0) is 17.9. The van der Waals surface area contributed by atoms with Gasteiger partial charge in [-0.15, -0.1) is 0 Å². The van der Waals surface area contributed by atoms with Crippen molar-refractivity contribution in [2.24, 2.45) is 0 Å². The van der Waals surface area contributed by atoms with Gasteiger partial charge in [0.05, 0.1) is 6.10 Å². The maximum Gasteiger partial charge on any atom is 0.490 e. The normalized spacial score (nSPS) is 30.8. The largest absolute Gasteiger partial charge is 0.490 e. The molecule has 23 heavy (non-hydrogen) atoms. The second kappa shape index (κ2) is 8.14. The fraction of sp³-hybridized carbons (Fsp3) is 1.00. The molecule has 5 atom stereocenters. The Bertz CT molecular complexity index is 530. The van der Waals surface area contributed by atoms with Gasteiger partial charge >= 0.3 is 23.5 Å². The fourth-order valence-electron chi connectivity index (χ4n) is 1.94. The molecule has 1 aliphatic rings. The molecule has 1 fully saturated rings. The van der Waals surface area contributed by atoms with Crippen molar-refractivity contribution >= 4 is 23.5 Å². The van der Waals surface area contributed by atoms with Crippen LogP contribution in [-0.4, -0.2) is 45.2 Å². The van der Waals surface area contributed by atoms with Gasteiger partial charge in [-0.1, -0.05) is 13.3 Å². The van der Waals surface area contributed by atoms with Gasteiger partial charge in [0, 0.05) is 13.5 Å². The van der Waals surface area contributed by atoms with E-state index < -0.39 is 35.9 Å². The summed E-state index contributed by atoms with van der Waals surface area (Å²) in [6, 6.07) is 0. The summed E-state index contributed by atoms with van der Waals surface area (Å²) in [5, 5.41) is 0. The van der Waals surface area contributed by atoms with Crippen molar-refractivity contribution in [3.63, 3.8) is 0 Å². The smallest absolute Gasteiger partial charge is 0.376 e. The number of ether oxygens (including phenoxy) is 2. The molecule has 0 aliphatic carbocycles. The Labute approximate surface area is 132 Å². The number of rotatable bonds is 9. The second-order valence-corrected chi connectivity index (χ2v) is 8.99. The third-order valence-corrected chi connectivity index (χ3v) is 6.49. The summed E-state index contributed by atoms with van der Waals surface area (Å²) in [6.45, 7) is 1.90. The fourth-order valence-corrected chi connectivity index (χ4v) is 5.05. The van der Waals surface area contributed by atoms with Crippen molar-refractivity contribution in [3.8, 4) is 0 Å². The summed E-state index contributed by atoms with van der Waals surface area (Å²) >= 11 is 0. The van der Waals surface area contributed by atoms with E-state index in [1.165, 1.54) is 7.11 Å². The zero-order valence-corrected chi connectivity index (χ0v) is 14.9. The number of hydrogen-bond acceptors (Lipinski definition) is 8. The summed E-state index contributed by atoms with van der Waals surface area (Å²) in [5.41, 5.74) is 0. The van der Waals surface area contributed by atoms with Gasteiger partial charge in [0.2, 0.25) is 0 Å². The van der Waals surface area contributed by atoms with Crippen LogP contribution in [0.4, 0.5) is 0 Å². The summed E-state index contributed by atoms with van der Waals surface area (Å²) in [6.07, 6.45) is -0.606. The lowest BCUT2D eigenvalue weighted by molar-refractivity contribution is -0.127. The molecule has 0 amide bonds. The number of hydrogen-bond donors (Lipinski definition) is 4. The summed E-state index contributed by atoms with van der Waals surface area (Å²) < 4.78 is 55.7. The van der Waals surface area contributed by atoms with Crippen molar-refractivity contribution in [1.82, 2.24) is 0 Å². The van der Waals surface area contributed by atoms with Gasteiger partial charge in [0.1, 0.15) is 6.10 Å². The minimum Gasteiger partial charge on any atom is -0.376 e. The summed E-state index contributed by atoms with van der Waals surface area (Å²) in [5.74, 6) is 0. The molecule has 4 N–H and O–H groups in total. The van der Waals surface area contributed by atoms with Crippen LogP contribution in [0.2, 0.25) is 0 Å². The van der Waals surface area contributed by atoms with Crippen molar-refractivity contribution in [2.75, 3.05) is 7.11 Å². The van der Waals surface area contributed by atoms with Gasteiger partial charge in [-0.05, 0) is 6.42 Å². The van der Waals surface area contributed by atoms with Crippen LogP contribution in [0.25, 0.3) is 0 Å². The highest BCUT2D eigenvalue weighted by atomic mass is 31.3. The number of methoxy groups -OCH3 is 1. The molecule has 1 aliphatic heterocycles. The molecule has 15 heteroatoms. The molecule has 0 spiro atoms. The summed E-state index contributed by atoms with van der Waals surface area (Å²) in [4.78, 5) is 35.4. The highest BCUT2D eigenvalue weighted by Gasteiger charge is 2.45. The lowest BCUT2D eigenvalue weighted by Gasteiger charge is -2.21. The van der Waals surface area contributed by atoms with Crippen molar-refractivity contribution in [2.45, 2.75) is 44.7 Å². The van der Waals surface area contributed by atoms with E-state index in [9.17, 15) is 18.6 Å². The van der Waals surface area contributed by atoms with E-state index in [2.05, 4.69) is 13.1 Å². The molecule has 0 aromatic carbocycles. The monoisotopic (exact) mass is 400 g/mol. The van der Waals surface area contributed by atoms with E-state index in [1.54, 1.807) is 0 Å². The number of phosphoric acid groups is 3. The first-order valence-corrected chi connectivity index (χ1v) is 10.9. The van der Waals surface area contributed by atoms with Crippen molar-refractivity contribution in [3.05, 3.63) is 0 Å². The predicted molar refractivity (Wildman–Crippen MR) is 73.9 cm³/mol. The Hall–Kier alpha value is 0.330. The topological polar surface area (TPSA) is 178 Å².